The van der Waals surface area contributed by atoms with E-state index in [1.165, 1.54) is 0 Å². The summed E-state index contributed by atoms with van der Waals surface area (Å²) in [7, 11) is 0. The minimum atomic E-state index is -1.20. The molecule has 0 bridgehead atoms. The topological polar surface area (TPSA) is 71.7 Å². The molecule has 0 unspecified atom stereocenters. The van der Waals surface area contributed by atoms with Crippen molar-refractivity contribution in [1.82, 2.24) is 5.32 Å². The molecule has 0 aliphatic carbocycles. The van der Waals surface area contributed by atoms with Gasteiger partial charge >= 0.3 is 6.09 Å². The van der Waals surface area contributed by atoms with Crippen molar-refractivity contribution >= 4 is 6.09 Å². The Morgan fingerprint density at radius 2 is 1.95 bits per heavy atom. The van der Waals surface area contributed by atoms with Gasteiger partial charge in [0.05, 0.1) is 6.54 Å². The molecule has 2 N–H and O–H groups in total. The highest BCUT2D eigenvalue weighted by molar-refractivity contribution is 5.67. The Labute approximate surface area is 113 Å². The zero-order valence-electron chi connectivity index (χ0n) is 12.5. The van der Waals surface area contributed by atoms with E-state index in [-0.39, 0.29) is 6.54 Å². The van der Waals surface area contributed by atoms with Gasteiger partial charge in [0.25, 0.3) is 0 Å². The molecule has 0 radical (unpaired) electrons. The van der Waals surface area contributed by atoms with Crippen LogP contribution >= 0.6 is 0 Å². The number of carbonyl (C=O) groups is 1. The third kappa shape index (κ3) is 4.59. The lowest BCUT2D eigenvalue weighted by Crippen LogP contribution is -2.41. The minimum absolute atomic E-state index is 0.0573. The molecule has 1 aromatic heterocycles. The fourth-order valence-corrected chi connectivity index (χ4v) is 1.82. The standard InChI is InChI=1S/C14H23NO4/c1-9-7-11(10(2)18-9)14(6,17)8-15-12(16)19-13(3,4)5/h7,17H,8H2,1-6H3,(H,15,16)/t14-/m1/s1. The molecule has 108 valence electrons. The van der Waals surface area contributed by atoms with Crippen LogP contribution in [0.15, 0.2) is 10.5 Å². The van der Waals surface area contributed by atoms with Gasteiger partial charge in [-0.25, -0.2) is 4.79 Å². The molecular formula is C14H23NO4. The lowest BCUT2D eigenvalue weighted by Gasteiger charge is -2.25. The first-order valence-corrected chi connectivity index (χ1v) is 6.28. The van der Waals surface area contributed by atoms with E-state index >= 15 is 0 Å². The maximum absolute atomic E-state index is 11.6. The molecule has 0 spiro atoms. The number of alkyl carbamates (subject to hydrolysis) is 1. The summed E-state index contributed by atoms with van der Waals surface area (Å²) in [6, 6.07) is 1.77. The fraction of sp³-hybridized carbons (Fsp3) is 0.643. The van der Waals surface area contributed by atoms with Crippen molar-refractivity contribution in [1.29, 1.82) is 0 Å². The first-order valence-electron chi connectivity index (χ1n) is 6.28. The van der Waals surface area contributed by atoms with E-state index in [2.05, 4.69) is 5.32 Å². The van der Waals surface area contributed by atoms with E-state index in [1.807, 2.05) is 6.92 Å². The van der Waals surface area contributed by atoms with E-state index < -0.39 is 17.3 Å². The molecule has 1 heterocycles. The third-order valence-corrected chi connectivity index (χ3v) is 2.60. The summed E-state index contributed by atoms with van der Waals surface area (Å²) >= 11 is 0. The van der Waals surface area contributed by atoms with Crippen molar-refractivity contribution in [2.75, 3.05) is 6.54 Å². The van der Waals surface area contributed by atoms with Crippen LogP contribution in [0.3, 0.4) is 0 Å². The monoisotopic (exact) mass is 269 g/mol. The van der Waals surface area contributed by atoms with Gasteiger partial charge in [-0.1, -0.05) is 0 Å². The molecule has 1 amide bonds. The van der Waals surface area contributed by atoms with Crippen LogP contribution in [0.4, 0.5) is 4.79 Å². The molecule has 5 nitrogen and oxygen atoms in total. The fourth-order valence-electron chi connectivity index (χ4n) is 1.82. The quantitative estimate of drug-likeness (QED) is 0.884. The van der Waals surface area contributed by atoms with Crippen LogP contribution in [0.25, 0.3) is 0 Å². The normalized spacial score (nSPS) is 14.9. The number of carbonyl (C=O) groups excluding carboxylic acids is 1. The maximum atomic E-state index is 11.6. The number of ether oxygens (including phenoxy) is 1. The number of furan rings is 1. The summed E-state index contributed by atoms with van der Waals surface area (Å²) in [6.45, 7) is 10.6. The summed E-state index contributed by atoms with van der Waals surface area (Å²) in [6.07, 6.45) is -0.550. The molecule has 0 aliphatic heterocycles. The molecule has 0 saturated heterocycles. The largest absolute Gasteiger partial charge is 0.466 e. The van der Waals surface area contributed by atoms with E-state index in [4.69, 9.17) is 9.15 Å². The Morgan fingerprint density at radius 3 is 2.37 bits per heavy atom. The van der Waals surface area contributed by atoms with Gasteiger partial charge in [-0.3, -0.25) is 0 Å². The van der Waals surface area contributed by atoms with E-state index in [1.54, 1.807) is 40.7 Å². The summed E-state index contributed by atoms with van der Waals surface area (Å²) in [5.41, 5.74) is -1.09. The summed E-state index contributed by atoms with van der Waals surface area (Å²) in [5.74, 6) is 1.37. The van der Waals surface area contributed by atoms with E-state index in [9.17, 15) is 9.90 Å². The van der Waals surface area contributed by atoms with Crippen molar-refractivity contribution < 1.29 is 19.1 Å². The molecule has 0 fully saturated rings. The zero-order valence-corrected chi connectivity index (χ0v) is 12.5. The van der Waals surface area contributed by atoms with Crippen LogP contribution in [-0.4, -0.2) is 23.3 Å². The first kappa shape index (κ1) is 15.6. The van der Waals surface area contributed by atoms with Crippen LogP contribution in [0, 0.1) is 13.8 Å². The first-order chi connectivity index (χ1) is 8.51. The Balaban J connectivity index is 2.66. The van der Waals surface area contributed by atoms with Crippen molar-refractivity contribution in [3.8, 4) is 0 Å². The number of rotatable bonds is 3. The Kier molecular flexibility index (Phi) is 4.30. The minimum Gasteiger partial charge on any atom is -0.466 e. The van der Waals surface area contributed by atoms with Crippen LogP contribution in [0.5, 0.6) is 0 Å². The van der Waals surface area contributed by atoms with Gasteiger partial charge in [0.1, 0.15) is 22.7 Å². The Hall–Kier alpha value is -1.49. The second-order valence-electron chi connectivity index (χ2n) is 5.96. The number of hydrogen-bond acceptors (Lipinski definition) is 4. The highest BCUT2D eigenvalue weighted by Gasteiger charge is 2.29. The van der Waals surface area contributed by atoms with Crippen LogP contribution in [-0.2, 0) is 10.3 Å². The second kappa shape index (κ2) is 5.25. The third-order valence-electron chi connectivity index (χ3n) is 2.60. The molecule has 1 atom stereocenters. The van der Waals surface area contributed by atoms with Crippen LogP contribution in [0.1, 0.15) is 44.8 Å². The predicted molar refractivity (Wildman–Crippen MR) is 72.0 cm³/mol. The molecule has 0 aliphatic rings. The highest BCUT2D eigenvalue weighted by Crippen LogP contribution is 2.26. The maximum Gasteiger partial charge on any atom is 0.407 e. The van der Waals surface area contributed by atoms with Gasteiger partial charge < -0.3 is 19.6 Å². The molecule has 1 rings (SSSR count). The van der Waals surface area contributed by atoms with Crippen molar-refractivity contribution in [2.45, 2.75) is 52.7 Å². The average Bonchev–Trinajstić information content (AvgIpc) is 2.53. The molecular weight excluding hydrogens is 246 g/mol. The van der Waals surface area contributed by atoms with E-state index in [0.717, 1.165) is 5.76 Å². The van der Waals surface area contributed by atoms with Gasteiger partial charge in [0.15, 0.2) is 0 Å². The Bertz CT molecular complexity index is 455. The smallest absolute Gasteiger partial charge is 0.407 e. The van der Waals surface area contributed by atoms with Crippen molar-refractivity contribution in [2.24, 2.45) is 0 Å². The molecule has 0 saturated carbocycles. The lowest BCUT2D eigenvalue weighted by atomic mass is 9.96. The van der Waals surface area contributed by atoms with Crippen LogP contribution in [0.2, 0.25) is 0 Å². The number of hydrogen-bond donors (Lipinski definition) is 2. The SMILES string of the molecule is Cc1cc([C@](C)(O)CNC(=O)OC(C)(C)C)c(C)o1. The van der Waals surface area contributed by atoms with Gasteiger partial charge in [-0.05, 0) is 47.6 Å². The average molecular weight is 269 g/mol. The molecule has 19 heavy (non-hydrogen) atoms. The van der Waals surface area contributed by atoms with Gasteiger partial charge in [0, 0.05) is 5.56 Å². The van der Waals surface area contributed by atoms with Gasteiger partial charge in [0.2, 0.25) is 0 Å². The molecule has 1 aromatic rings. The number of aryl methyl sites for hydroxylation is 2. The molecule has 5 heteroatoms. The summed E-state index contributed by atoms with van der Waals surface area (Å²) < 4.78 is 10.5. The van der Waals surface area contributed by atoms with Crippen molar-refractivity contribution in [3.63, 3.8) is 0 Å². The Morgan fingerprint density at radius 1 is 1.37 bits per heavy atom. The highest BCUT2D eigenvalue weighted by atomic mass is 16.6. The van der Waals surface area contributed by atoms with E-state index in [0.29, 0.717) is 11.3 Å². The van der Waals surface area contributed by atoms with Gasteiger partial charge in [-0.2, -0.15) is 0 Å². The predicted octanol–water partition coefficient (Wildman–Crippen LogP) is 2.63. The van der Waals surface area contributed by atoms with Crippen molar-refractivity contribution in [3.05, 3.63) is 23.2 Å². The second-order valence-corrected chi connectivity index (χ2v) is 5.96. The zero-order chi connectivity index (χ0) is 14.8. The van der Waals surface area contributed by atoms with Gasteiger partial charge in [-0.15, -0.1) is 0 Å². The summed E-state index contributed by atoms with van der Waals surface area (Å²) in [4.78, 5) is 11.6. The number of amides is 1. The lowest BCUT2D eigenvalue weighted by molar-refractivity contribution is 0.0310. The molecule has 0 aromatic carbocycles. The number of aliphatic hydroxyl groups is 1. The van der Waals surface area contributed by atoms with Crippen LogP contribution < -0.4 is 5.32 Å². The number of nitrogens with one attached hydrogen (secondary N) is 1. The summed E-state index contributed by atoms with van der Waals surface area (Å²) in [5, 5.41) is 13.0.